The van der Waals surface area contributed by atoms with Gasteiger partial charge >= 0.3 is 0 Å². The van der Waals surface area contributed by atoms with E-state index in [1.165, 1.54) is 0 Å². The Morgan fingerprint density at radius 2 is 1.95 bits per heavy atom. The molecule has 1 unspecified atom stereocenters. The van der Waals surface area contributed by atoms with Gasteiger partial charge in [-0.25, -0.2) is 0 Å². The zero-order valence-corrected chi connectivity index (χ0v) is 12.2. The van der Waals surface area contributed by atoms with Crippen LogP contribution < -0.4 is 5.32 Å². The highest BCUT2D eigenvalue weighted by Crippen LogP contribution is 2.38. The maximum Gasteiger partial charge on any atom is 0.249 e. The smallest absolute Gasteiger partial charge is 0.249 e. The van der Waals surface area contributed by atoms with Crippen molar-refractivity contribution in [2.24, 2.45) is 0 Å². The summed E-state index contributed by atoms with van der Waals surface area (Å²) >= 11 is 0. The number of nitrogens with zero attached hydrogens (tertiary/aromatic N) is 1. The first-order valence-electron chi connectivity index (χ1n) is 7.26. The molecule has 0 aromatic carbocycles. The molecule has 1 heterocycles. The summed E-state index contributed by atoms with van der Waals surface area (Å²) in [5.41, 5.74) is -1.34. The first-order valence-corrected chi connectivity index (χ1v) is 7.26. The Morgan fingerprint density at radius 3 is 2.47 bits per heavy atom. The van der Waals surface area contributed by atoms with Gasteiger partial charge in [-0.1, -0.05) is 31.9 Å². The molecule has 1 atom stereocenters. The second kappa shape index (κ2) is 4.99. The molecule has 1 saturated heterocycles. The Bertz CT molecular complexity index is 410. The first-order chi connectivity index (χ1) is 9.00. The third-order valence-corrected chi connectivity index (χ3v) is 4.76. The van der Waals surface area contributed by atoms with Crippen molar-refractivity contribution in [1.29, 1.82) is 0 Å². The summed E-state index contributed by atoms with van der Waals surface area (Å²) in [6.07, 6.45) is 8.12. The highest BCUT2D eigenvalue weighted by atomic mass is 16.2. The second-order valence-electron chi connectivity index (χ2n) is 5.86. The molecule has 4 heteroatoms. The maximum atomic E-state index is 12.9. The van der Waals surface area contributed by atoms with Gasteiger partial charge in [-0.2, -0.15) is 0 Å². The van der Waals surface area contributed by atoms with E-state index in [0.717, 1.165) is 25.7 Å². The van der Waals surface area contributed by atoms with Crippen molar-refractivity contribution in [2.75, 3.05) is 6.54 Å². The number of allylic oxidation sites excluding steroid dienone is 1. The van der Waals surface area contributed by atoms with Gasteiger partial charge in [0, 0.05) is 6.54 Å². The van der Waals surface area contributed by atoms with Gasteiger partial charge in [0.05, 0.1) is 0 Å². The monoisotopic (exact) mass is 264 g/mol. The lowest BCUT2D eigenvalue weighted by Crippen LogP contribution is -2.74. The molecule has 2 aliphatic rings. The molecule has 1 aliphatic carbocycles. The van der Waals surface area contributed by atoms with Crippen LogP contribution in [0.3, 0.4) is 0 Å². The predicted octanol–water partition coefficient (Wildman–Crippen LogP) is 2.00. The molecule has 2 rings (SSSR count). The Balaban J connectivity index is 2.36. The minimum absolute atomic E-state index is 0.000929. The van der Waals surface area contributed by atoms with E-state index < -0.39 is 11.1 Å². The number of carbonyl (C=O) groups excluding carboxylic acids is 2. The van der Waals surface area contributed by atoms with Gasteiger partial charge in [-0.15, -0.1) is 0 Å². The second-order valence-corrected chi connectivity index (χ2v) is 5.86. The number of piperazine rings is 1. The predicted molar refractivity (Wildman–Crippen MR) is 74.6 cm³/mol. The lowest BCUT2D eigenvalue weighted by atomic mass is 9.83. The normalized spacial score (nSPS) is 30.4. The first kappa shape index (κ1) is 14.1. The number of hydrogen-bond donors (Lipinski definition) is 1. The third kappa shape index (κ3) is 2.07. The van der Waals surface area contributed by atoms with Gasteiger partial charge in [-0.05, 0) is 33.1 Å². The molecule has 0 aromatic rings. The van der Waals surface area contributed by atoms with Crippen LogP contribution in [0.2, 0.25) is 0 Å². The summed E-state index contributed by atoms with van der Waals surface area (Å²) in [5.74, 6) is 0.105. The molecule has 1 spiro atoms. The molecule has 2 amide bonds. The van der Waals surface area contributed by atoms with Crippen molar-refractivity contribution in [2.45, 2.75) is 64.0 Å². The largest absolute Gasteiger partial charge is 0.340 e. The van der Waals surface area contributed by atoms with E-state index >= 15 is 0 Å². The summed E-state index contributed by atoms with van der Waals surface area (Å²) in [5, 5.41) is 3.04. The fourth-order valence-electron chi connectivity index (χ4n) is 3.17. The number of rotatable bonds is 3. The standard InChI is InChI=1S/C15H24N2O2/c1-4-6-11-17-13(19)15(9-7-8-10-15)16-12(18)14(17,3)5-2/h4,6H,5,7-11H2,1-3H3,(H,16,18)/b6-4+. The van der Waals surface area contributed by atoms with Gasteiger partial charge in [0.15, 0.2) is 0 Å². The Labute approximate surface area is 115 Å². The van der Waals surface area contributed by atoms with Crippen LogP contribution in [-0.2, 0) is 9.59 Å². The number of nitrogens with one attached hydrogen (secondary N) is 1. The quantitative estimate of drug-likeness (QED) is 0.793. The molecular formula is C15H24N2O2. The minimum atomic E-state index is -0.718. The SMILES string of the molecule is C/C=C/CN1C(=O)C2(CCCC2)NC(=O)C1(C)CC. The molecule has 4 nitrogen and oxygen atoms in total. The molecule has 1 aliphatic heterocycles. The molecule has 1 N–H and O–H groups in total. The Morgan fingerprint density at radius 1 is 1.32 bits per heavy atom. The molecule has 19 heavy (non-hydrogen) atoms. The van der Waals surface area contributed by atoms with Crippen molar-refractivity contribution < 1.29 is 9.59 Å². The van der Waals surface area contributed by atoms with Crippen molar-refractivity contribution >= 4 is 11.8 Å². The third-order valence-electron chi connectivity index (χ3n) is 4.76. The molecule has 106 valence electrons. The number of carbonyl (C=O) groups is 2. The van der Waals surface area contributed by atoms with E-state index in [2.05, 4.69) is 5.32 Å². The van der Waals surface area contributed by atoms with Crippen molar-refractivity contribution in [1.82, 2.24) is 10.2 Å². The van der Waals surface area contributed by atoms with Crippen molar-refractivity contribution in [3.8, 4) is 0 Å². The van der Waals surface area contributed by atoms with Crippen molar-refractivity contribution in [3.05, 3.63) is 12.2 Å². The summed E-state index contributed by atoms with van der Waals surface area (Å²) in [6, 6.07) is 0. The van der Waals surface area contributed by atoms with Crippen LogP contribution in [0.5, 0.6) is 0 Å². The van der Waals surface area contributed by atoms with Gasteiger partial charge in [0.1, 0.15) is 11.1 Å². The van der Waals surface area contributed by atoms with Crippen LogP contribution in [0.4, 0.5) is 0 Å². The number of amides is 2. The Kier molecular flexibility index (Phi) is 3.70. The average molecular weight is 264 g/mol. The number of hydrogen-bond acceptors (Lipinski definition) is 2. The fourth-order valence-corrected chi connectivity index (χ4v) is 3.17. The summed E-state index contributed by atoms with van der Waals surface area (Å²) in [6.45, 7) is 6.28. The van der Waals surface area contributed by atoms with E-state index in [4.69, 9.17) is 0 Å². The Hall–Kier alpha value is -1.32. The van der Waals surface area contributed by atoms with Crippen LogP contribution >= 0.6 is 0 Å². The van der Waals surface area contributed by atoms with E-state index in [1.54, 1.807) is 4.90 Å². The zero-order chi connectivity index (χ0) is 14.1. The molecule has 0 bridgehead atoms. The molecule has 2 fully saturated rings. The highest BCUT2D eigenvalue weighted by molar-refractivity contribution is 6.02. The van der Waals surface area contributed by atoms with Gasteiger partial charge in [0.2, 0.25) is 11.8 Å². The van der Waals surface area contributed by atoms with E-state index in [9.17, 15) is 9.59 Å². The van der Waals surface area contributed by atoms with E-state index in [-0.39, 0.29) is 11.8 Å². The van der Waals surface area contributed by atoms with Crippen LogP contribution in [0, 0.1) is 0 Å². The average Bonchev–Trinajstić information content (AvgIpc) is 2.86. The van der Waals surface area contributed by atoms with Gasteiger partial charge < -0.3 is 10.2 Å². The molecular weight excluding hydrogens is 240 g/mol. The molecule has 1 saturated carbocycles. The summed E-state index contributed by atoms with van der Waals surface area (Å²) in [7, 11) is 0. The fraction of sp³-hybridized carbons (Fsp3) is 0.733. The van der Waals surface area contributed by atoms with Crippen LogP contribution in [-0.4, -0.2) is 34.3 Å². The maximum absolute atomic E-state index is 12.9. The van der Waals surface area contributed by atoms with Crippen LogP contribution in [0.15, 0.2) is 12.2 Å². The van der Waals surface area contributed by atoms with E-state index in [1.807, 2.05) is 32.9 Å². The van der Waals surface area contributed by atoms with Gasteiger partial charge in [-0.3, -0.25) is 9.59 Å². The highest BCUT2D eigenvalue weighted by Gasteiger charge is 2.56. The van der Waals surface area contributed by atoms with Gasteiger partial charge in [0.25, 0.3) is 0 Å². The lowest BCUT2D eigenvalue weighted by Gasteiger charge is -2.49. The minimum Gasteiger partial charge on any atom is -0.340 e. The van der Waals surface area contributed by atoms with E-state index in [0.29, 0.717) is 13.0 Å². The topological polar surface area (TPSA) is 49.4 Å². The lowest BCUT2D eigenvalue weighted by molar-refractivity contribution is -0.161. The van der Waals surface area contributed by atoms with Crippen molar-refractivity contribution in [3.63, 3.8) is 0 Å². The summed E-state index contributed by atoms with van der Waals surface area (Å²) in [4.78, 5) is 27.1. The molecule has 0 radical (unpaired) electrons. The molecule has 0 aromatic heterocycles. The summed E-state index contributed by atoms with van der Waals surface area (Å²) < 4.78 is 0. The van der Waals surface area contributed by atoms with Crippen LogP contribution in [0.25, 0.3) is 0 Å². The zero-order valence-electron chi connectivity index (χ0n) is 12.2. The van der Waals surface area contributed by atoms with Crippen LogP contribution in [0.1, 0.15) is 52.9 Å².